The maximum absolute atomic E-state index is 9.70. The normalized spacial score (nSPS) is 18.1. The Morgan fingerprint density at radius 2 is 1.96 bits per heavy atom. The van der Waals surface area contributed by atoms with Crippen molar-refractivity contribution in [1.82, 2.24) is 20.4 Å². The van der Waals surface area contributed by atoms with E-state index in [0.717, 1.165) is 37.6 Å². The van der Waals surface area contributed by atoms with Crippen LogP contribution in [-0.4, -0.2) is 86.9 Å². The first kappa shape index (κ1) is 21.7. The van der Waals surface area contributed by atoms with Crippen LogP contribution in [0.1, 0.15) is 31.2 Å². The zero-order chi connectivity index (χ0) is 19.3. The monoisotopic (exact) mass is 375 g/mol. The summed E-state index contributed by atoms with van der Waals surface area (Å²) in [5.41, 5.74) is 1.13. The molecular weight excluding hydrogens is 338 g/mol. The Balaban J connectivity index is 1.76. The molecule has 1 aliphatic heterocycles. The molecule has 1 fully saturated rings. The van der Waals surface area contributed by atoms with Crippen LogP contribution >= 0.6 is 0 Å². The summed E-state index contributed by atoms with van der Waals surface area (Å²) in [7, 11) is 2.21. The third-order valence-electron chi connectivity index (χ3n) is 5.06. The van der Waals surface area contributed by atoms with Crippen LogP contribution in [0.2, 0.25) is 0 Å². The molecule has 6 heteroatoms. The maximum Gasteiger partial charge on any atom is 0.191 e. The summed E-state index contributed by atoms with van der Waals surface area (Å²) >= 11 is 0. The highest BCUT2D eigenvalue weighted by Crippen LogP contribution is 2.14. The minimum atomic E-state index is 0.0377. The van der Waals surface area contributed by atoms with Crippen molar-refractivity contribution in [1.29, 1.82) is 0 Å². The van der Waals surface area contributed by atoms with E-state index in [0.29, 0.717) is 6.54 Å². The predicted octanol–water partition coefficient (Wildman–Crippen LogP) is 1.35. The molecule has 0 spiro atoms. The van der Waals surface area contributed by atoms with E-state index in [4.69, 9.17) is 0 Å². The fourth-order valence-corrected chi connectivity index (χ4v) is 3.37. The van der Waals surface area contributed by atoms with Crippen molar-refractivity contribution >= 4 is 5.96 Å². The van der Waals surface area contributed by atoms with Crippen LogP contribution in [0.15, 0.2) is 35.3 Å². The first-order chi connectivity index (χ1) is 13.2. The Morgan fingerprint density at radius 1 is 1.15 bits per heavy atom. The molecule has 6 nitrogen and oxygen atoms in total. The lowest BCUT2D eigenvalue weighted by Gasteiger charge is -2.20. The van der Waals surface area contributed by atoms with Gasteiger partial charge in [0.1, 0.15) is 0 Å². The second kappa shape index (κ2) is 12.7. The first-order valence-corrected chi connectivity index (χ1v) is 10.3. The number of guanidine groups is 1. The molecule has 152 valence electrons. The fourth-order valence-electron chi connectivity index (χ4n) is 3.37. The van der Waals surface area contributed by atoms with Crippen LogP contribution in [0.5, 0.6) is 0 Å². The molecule has 1 atom stereocenters. The zero-order valence-electron chi connectivity index (χ0n) is 17.0. The van der Waals surface area contributed by atoms with Gasteiger partial charge in [0.2, 0.25) is 0 Å². The molecule has 1 aromatic carbocycles. The molecule has 1 saturated heterocycles. The van der Waals surface area contributed by atoms with Crippen molar-refractivity contribution in [2.75, 3.05) is 66.0 Å². The molecule has 0 aliphatic carbocycles. The first-order valence-electron chi connectivity index (χ1n) is 10.3. The Bertz CT molecular complexity index is 537. The highest BCUT2D eigenvalue weighted by atomic mass is 16.3. The van der Waals surface area contributed by atoms with E-state index in [2.05, 4.69) is 51.5 Å². The van der Waals surface area contributed by atoms with Crippen LogP contribution in [0.3, 0.4) is 0 Å². The zero-order valence-corrected chi connectivity index (χ0v) is 17.0. The van der Waals surface area contributed by atoms with Gasteiger partial charge in [0.25, 0.3) is 0 Å². The van der Waals surface area contributed by atoms with Gasteiger partial charge in [-0.25, -0.2) is 0 Å². The number of hydrogen-bond donors (Lipinski definition) is 3. The molecule has 27 heavy (non-hydrogen) atoms. The van der Waals surface area contributed by atoms with E-state index in [9.17, 15) is 5.11 Å². The molecular formula is C21H37N5O. The maximum atomic E-state index is 9.70. The van der Waals surface area contributed by atoms with Gasteiger partial charge in [-0.2, -0.15) is 0 Å². The van der Waals surface area contributed by atoms with Crippen molar-refractivity contribution in [3.05, 3.63) is 35.9 Å². The molecule has 0 saturated carbocycles. The summed E-state index contributed by atoms with van der Waals surface area (Å²) in [6, 6.07) is 10.1. The molecule has 0 amide bonds. The van der Waals surface area contributed by atoms with Gasteiger partial charge in [0.05, 0.1) is 13.2 Å². The lowest BCUT2D eigenvalue weighted by molar-refractivity contribution is 0.268. The number of hydrogen-bond acceptors (Lipinski definition) is 4. The van der Waals surface area contributed by atoms with Crippen molar-refractivity contribution in [3.8, 4) is 0 Å². The van der Waals surface area contributed by atoms with E-state index in [-0.39, 0.29) is 12.5 Å². The molecule has 0 radical (unpaired) electrons. The van der Waals surface area contributed by atoms with Gasteiger partial charge >= 0.3 is 0 Å². The van der Waals surface area contributed by atoms with E-state index >= 15 is 0 Å². The van der Waals surface area contributed by atoms with Crippen LogP contribution in [0.4, 0.5) is 0 Å². The number of nitrogens with zero attached hydrogens (tertiary/aromatic N) is 3. The van der Waals surface area contributed by atoms with E-state index < -0.39 is 0 Å². The second-order valence-electron chi connectivity index (χ2n) is 7.29. The van der Waals surface area contributed by atoms with Gasteiger partial charge in [-0.15, -0.1) is 0 Å². The Hall–Kier alpha value is -1.63. The summed E-state index contributed by atoms with van der Waals surface area (Å²) in [6.07, 6.45) is 2.37. The third kappa shape index (κ3) is 8.28. The average Bonchev–Trinajstić information content (AvgIpc) is 2.90. The van der Waals surface area contributed by atoms with Crippen molar-refractivity contribution in [3.63, 3.8) is 0 Å². The highest BCUT2D eigenvalue weighted by Gasteiger charge is 2.12. The minimum Gasteiger partial charge on any atom is -0.396 e. The quantitative estimate of drug-likeness (QED) is 0.345. The van der Waals surface area contributed by atoms with Crippen LogP contribution in [0, 0.1) is 0 Å². The SMILES string of the molecule is CCNC(=NCC(CO)c1ccccc1)NCCCN1CCCN(C)CC1. The molecule has 1 aliphatic rings. The summed E-state index contributed by atoms with van der Waals surface area (Å²) in [4.78, 5) is 9.66. The highest BCUT2D eigenvalue weighted by molar-refractivity contribution is 5.79. The summed E-state index contributed by atoms with van der Waals surface area (Å²) in [6.45, 7) is 10.4. The van der Waals surface area contributed by atoms with Crippen LogP contribution in [0.25, 0.3) is 0 Å². The smallest absolute Gasteiger partial charge is 0.191 e. The number of aliphatic hydroxyl groups excluding tert-OH is 1. The Morgan fingerprint density at radius 3 is 2.70 bits per heavy atom. The molecule has 1 unspecified atom stereocenters. The average molecular weight is 376 g/mol. The van der Waals surface area contributed by atoms with Gasteiger partial charge in [-0.1, -0.05) is 30.3 Å². The van der Waals surface area contributed by atoms with Crippen molar-refractivity contribution in [2.24, 2.45) is 4.99 Å². The van der Waals surface area contributed by atoms with Crippen molar-refractivity contribution in [2.45, 2.75) is 25.7 Å². The third-order valence-corrected chi connectivity index (χ3v) is 5.06. The van der Waals surface area contributed by atoms with Crippen molar-refractivity contribution < 1.29 is 5.11 Å². The number of aliphatic imine (C=N–C) groups is 1. The number of nitrogens with one attached hydrogen (secondary N) is 2. The fraction of sp³-hybridized carbons (Fsp3) is 0.667. The molecule has 1 heterocycles. The lowest BCUT2D eigenvalue weighted by atomic mass is 10.0. The van der Waals surface area contributed by atoms with E-state index in [1.807, 2.05) is 18.2 Å². The lowest BCUT2D eigenvalue weighted by Crippen LogP contribution is -2.39. The summed E-state index contributed by atoms with van der Waals surface area (Å²) in [5.74, 6) is 0.873. The minimum absolute atomic E-state index is 0.0377. The Labute approximate surface area is 164 Å². The Kier molecular flexibility index (Phi) is 10.2. The number of likely N-dealkylation sites (N-methyl/N-ethyl adjacent to an activating group) is 1. The van der Waals surface area contributed by atoms with Gasteiger partial charge in [-0.05, 0) is 52.0 Å². The molecule has 0 aromatic heterocycles. The topological polar surface area (TPSA) is 63.1 Å². The van der Waals surface area contributed by atoms with Gasteiger partial charge < -0.3 is 25.5 Å². The van der Waals surface area contributed by atoms with Gasteiger partial charge in [0.15, 0.2) is 5.96 Å². The molecule has 1 aromatic rings. The van der Waals surface area contributed by atoms with E-state index in [1.165, 1.54) is 32.6 Å². The van der Waals surface area contributed by atoms with Crippen LogP contribution in [-0.2, 0) is 0 Å². The number of benzene rings is 1. The standard InChI is InChI=1S/C21H37N5O/c1-3-22-21(24-17-20(18-27)19-9-5-4-6-10-19)23-11-7-13-26-14-8-12-25(2)15-16-26/h4-6,9-10,20,27H,3,7-8,11-18H2,1-2H3,(H2,22,23,24). The number of aliphatic hydroxyl groups is 1. The van der Waals surface area contributed by atoms with Gasteiger partial charge in [0, 0.05) is 32.1 Å². The largest absolute Gasteiger partial charge is 0.396 e. The number of rotatable bonds is 9. The second-order valence-corrected chi connectivity index (χ2v) is 7.29. The summed E-state index contributed by atoms with van der Waals surface area (Å²) < 4.78 is 0. The van der Waals surface area contributed by atoms with Gasteiger partial charge in [-0.3, -0.25) is 4.99 Å². The molecule has 2 rings (SSSR count). The van der Waals surface area contributed by atoms with E-state index in [1.54, 1.807) is 0 Å². The summed E-state index contributed by atoms with van der Waals surface area (Å²) in [5, 5.41) is 16.4. The molecule has 3 N–H and O–H groups in total. The molecule has 0 bridgehead atoms. The predicted molar refractivity (Wildman–Crippen MR) is 113 cm³/mol. The van der Waals surface area contributed by atoms with Crippen LogP contribution < -0.4 is 10.6 Å².